The molecule has 0 radical (unpaired) electrons. The van der Waals surface area contributed by atoms with Gasteiger partial charge in [0, 0.05) is 12.4 Å². The van der Waals surface area contributed by atoms with Crippen LogP contribution in [0.5, 0.6) is 0 Å². The Balaban J connectivity index is -0.000000765. The van der Waals surface area contributed by atoms with Crippen molar-refractivity contribution >= 4 is 12.0 Å². The van der Waals surface area contributed by atoms with Gasteiger partial charge in [0.1, 0.15) is 0 Å². The van der Waals surface area contributed by atoms with E-state index in [0.29, 0.717) is 22.9 Å². The van der Waals surface area contributed by atoms with E-state index in [9.17, 15) is 5.11 Å². The van der Waals surface area contributed by atoms with Gasteiger partial charge in [0.2, 0.25) is 0 Å². The average molecular weight is 603 g/mol. The summed E-state index contributed by atoms with van der Waals surface area (Å²) in [4.78, 5) is 0. The molecule has 7 unspecified atom stereocenters. The smallest absolute Gasteiger partial charge is 0.0726 e. The molecule has 0 aromatic heterocycles. The Morgan fingerprint density at radius 3 is 1.59 bits per heavy atom. The lowest BCUT2D eigenvalue weighted by Crippen LogP contribution is -2.58. The predicted molar refractivity (Wildman–Crippen MR) is 192 cm³/mol. The fraction of sp³-hybridized carbons (Fsp3) is 1.00. The molecule has 0 bridgehead atoms. The van der Waals surface area contributed by atoms with Crippen LogP contribution in [0.1, 0.15) is 187 Å². The summed E-state index contributed by atoms with van der Waals surface area (Å²) >= 11 is 1.54. The zero-order valence-electron chi connectivity index (χ0n) is 31.4. The second kappa shape index (κ2) is 26.7. The van der Waals surface area contributed by atoms with Gasteiger partial charge < -0.3 is 9.29 Å². The largest absolute Gasteiger partial charge is 0.396 e. The Labute approximate surface area is 266 Å². The molecular weight excluding hydrogens is 520 g/mol. The van der Waals surface area contributed by atoms with Crippen LogP contribution in [0.15, 0.2) is 0 Å². The standard InChI is InChI=1S/C24H42O.C2H4OS.6C2H6/c1-22-14-6-4-8-19(22)12-15-24(3)20-11-10-18(9-5-7-17-25)23(20,2)16-13-21(22)24;1-2-4-3-1;6*1-2/h18-21,25H,4-17H2,1-3H3;1-2H2;6*1-2H3. The molecule has 5 rings (SSSR count). The summed E-state index contributed by atoms with van der Waals surface area (Å²) in [5.74, 6) is 5.12. The van der Waals surface area contributed by atoms with E-state index < -0.39 is 0 Å². The van der Waals surface area contributed by atoms with Gasteiger partial charge in [-0.25, -0.2) is 0 Å². The molecule has 5 fully saturated rings. The van der Waals surface area contributed by atoms with E-state index in [1.165, 1.54) is 94.8 Å². The van der Waals surface area contributed by atoms with Crippen molar-refractivity contribution in [3.05, 3.63) is 0 Å². The molecule has 252 valence electrons. The molecule has 0 aromatic rings. The van der Waals surface area contributed by atoms with Gasteiger partial charge in [0.15, 0.2) is 0 Å². The number of aliphatic hydroxyl groups is 1. The summed E-state index contributed by atoms with van der Waals surface area (Å²) in [6.07, 6.45) is 18.6. The molecule has 5 aliphatic rings. The molecule has 0 amide bonds. The third-order valence-corrected chi connectivity index (χ3v) is 11.3. The average Bonchev–Trinajstić information content (AvgIpc) is 3.35. The highest BCUT2D eigenvalue weighted by atomic mass is 32.2. The molecule has 4 saturated carbocycles. The number of unbranched alkanes of at least 4 members (excludes halogenated alkanes) is 1. The first-order valence-electron chi connectivity index (χ1n) is 18.8. The zero-order valence-corrected chi connectivity index (χ0v) is 32.2. The van der Waals surface area contributed by atoms with E-state index in [-0.39, 0.29) is 0 Å². The van der Waals surface area contributed by atoms with Crippen LogP contribution in [0.3, 0.4) is 0 Å². The van der Waals surface area contributed by atoms with Crippen LogP contribution in [0.2, 0.25) is 0 Å². The van der Waals surface area contributed by atoms with Crippen LogP contribution in [-0.4, -0.2) is 24.1 Å². The third kappa shape index (κ3) is 11.9. The fourth-order valence-corrected chi connectivity index (χ4v) is 9.31. The van der Waals surface area contributed by atoms with Crippen LogP contribution in [-0.2, 0) is 4.18 Å². The molecule has 4 aliphatic carbocycles. The molecule has 3 heteroatoms. The quantitative estimate of drug-likeness (QED) is 0.256. The first-order valence-corrected chi connectivity index (χ1v) is 19.7. The number of hydrogen-bond acceptors (Lipinski definition) is 3. The van der Waals surface area contributed by atoms with E-state index in [2.05, 4.69) is 25.0 Å². The highest BCUT2D eigenvalue weighted by Crippen LogP contribution is 2.72. The first kappa shape index (κ1) is 45.7. The summed E-state index contributed by atoms with van der Waals surface area (Å²) in [5.41, 5.74) is 1.86. The summed E-state index contributed by atoms with van der Waals surface area (Å²) in [6, 6.07) is 0. The van der Waals surface area contributed by atoms with E-state index in [1.54, 1.807) is 0 Å². The van der Waals surface area contributed by atoms with Gasteiger partial charge >= 0.3 is 0 Å². The van der Waals surface area contributed by atoms with Gasteiger partial charge in [0.25, 0.3) is 0 Å². The Kier molecular flexibility index (Phi) is 29.7. The number of aliphatic hydroxyl groups excluding tert-OH is 1. The van der Waals surface area contributed by atoms with Crippen molar-refractivity contribution in [2.24, 2.45) is 39.9 Å². The zero-order chi connectivity index (χ0) is 32.5. The van der Waals surface area contributed by atoms with E-state index >= 15 is 0 Å². The molecule has 7 atom stereocenters. The van der Waals surface area contributed by atoms with E-state index in [0.717, 1.165) is 36.7 Å². The van der Waals surface area contributed by atoms with Gasteiger partial charge in [0.05, 0.1) is 6.61 Å². The maximum atomic E-state index is 9.17. The number of fused-ring (bicyclic) bond motifs is 5. The molecule has 41 heavy (non-hydrogen) atoms. The van der Waals surface area contributed by atoms with Crippen molar-refractivity contribution in [3.63, 3.8) is 0 Å². The molecule has 0 aromatic carbocycles. The van der Waals surface area contributed by atoms with Crippen LogP contribution in [0.25, 0.3) is 0 Å². The molecule has 1 heterocycles. The van der Waals surface area contributed by atoms with Crippen molar-refractivity contribution in [3.8, 4) is 0 Å². The van der Waals surface area contributed by atoms with Gasteiger partial charge in [-0.15, -0.1) is 0 Å². The topological polar surface area (TPSA) is 29.5 Å². The summed E-state index contributed by atoms with van der Waals surface area (Å²) < 4.78 is 4.64. The normalized spacial score (nSPS) is 35.1. The van der Waals surface area contributed by atoms with Crippen LogP contribution < -0.4 is 0 Å². The number of hydrogen-bond donors (Lipinski definition) is 1. The molecular formula is C38H82O2S. The van der Waals surface area contributed by atoms with Crippen molar-refractivity contribution < 1.29 is 9.29 Å². The molecule has 1 saturated heterocycles. The molecule has 1 N–H and O–H groups in total. The molecule has 2 nitrogen and oxygen atoms in total. The maximum absolute atomic E-state index is 9.17. The van der Waals surface area contributed by atoms with Crippen molar-refractivity contribution in [1.29, 1.82) is 0 Å². The molecule has 0 spiro atoms. The Morgan fingerprint density at radius 2 is 1.10 bits per heavy atom. The Morgan fingerprint density at radius 1 is 0.610 bits per heavy atom. The molecule has 1 aliphatic heterocycles. The minimum atomic E-state index is 0.381. The van der Waals surface area contributed by atoms with Crippen LogP contribution in [0, 0.1) is 39.9 Å². The summed E-state index contributed by atoms with van der Waals surface area (Å²) in [5, 5.41) is 9.17. The minimum absolute atomic E-state index is 0.381. The van der Waals surface area contributed by atoms with Crippen LogP contribution >= 0.6 is 12.0 Å². The Hall–Kier alpha value is 0.270. The Bertz CT molecular complexity index is 546. The highest BCUT2D eigenvalue weighted by Gasteiger charge is 2.64. The van der Waals surface area contributed by atoms with Gasteiger partial charge in [-0.2, -0.15) is 0 Å². The fourth-order valence-electron chi connectivity index (χ4n) is 9.14. The highest BCUT2D eigenvalue weighted by molar-refractivity contribution is 7.95. The number of rotatable bonds is 4. The predicted octanol–water partition coefficient (Wildman–Crippen LogP) is 13.4. The monoisotopic (exact) mass is 603 g/mol. The second-order valence-electron chi connectivity index (χ2n) is 11.8. The summed E-state index contributed by atoms with van der Waals surface area (Å²) in [7, 11) is 0. The van der Waals surface area contributed by atoms with Crippen molar-refractivity contribution in [1.82, 2.24) is 0 Å². The third-order valence-electron chi connectivity index (χ3n) is 10.7. The van der Waals surface area contributed by atoms with E-state index in [4.69, 9.17) is 0 Å². The van der Waals surface area contributed by atoms with E-state index in [1.807, 2.05) is 83.1 Å². The van der Waals surface area contributed by atoms with Crippen molar-refractivity contribution in [2.45, 2.75) is 187 Å². The van der Waals surface area contributed by atoms with Crippen molar-refractivity contribution in [2.75, 3.05) is 19.0 Å². The lowest BCUT2D eigenvalue weighted by Gasteiger charge is -2.65. The van der Waals surface area contributed by atoms with Gasteiger partial charge in [-0.3, -0.25) is 0 Å². The minimum Gasteiger partial charge on any atom is -0.396 e. The first-order chi connectivity index (χ1) is 19.9. The van der Waals surface area contributed by atoms with Crippen LogP contribution in [0.4, 0.5) is 0 Å². The maximum Gasteiger partial charge on any atom is 0.0726 e. The lowest BCUT2D eigenvalue weighted by molar-refractivity contribution is -0.164. The second-order valence-corrected chi connectivity index (χ2v) is 12.7. The summed E-state index contributed by atoms with van der Waals surface area (Å²) in [6.45, 7) is 33.4. The lowest BCUT2D eigenvalue weighted by atomic mass is 9.39. The van der Waals surface area contributed by atoms with Gasteiger partial charge in [-0.1, -0.05) is 123 Å². The SMILES string of the molecule is C1CSO1.CC.CC.CC.CC.CC.CC.CC12CCCCC1CCC1(C)C2CCC2(C)C(CCCCO)CCC21. The van der Waals surface area contributed by atoms with Gasteiger partial charge in [-0.05, 0) is 116 Å².